The molecule has 5 heteroatoms. The van der Waals surface area contributed by atoms with Crippen LogP contribution >= 0.6 is 11.6 Å². The number of rotatable bonds is 4. The van der Waals surface area contributed by atoms with Crippen molar-refractivity contribution in [3.8, 4) is 5.75 Å². The fourth-order valence-electron chi connectivity index (χ4n) is 2.08. The first-order valence-corrected chi connectivity index (χ1v) is 5.61. The quantitative estimate of drug-likeness (QED) is 0.903. The molecule has 0 amide bonds. The number of halogens is 2. The molecule has 0 heterocycles. The smallest absolute Gasteiger partial charge is 0.304 e. The predicted octanol–water partition coefficient (Wildman–Crippen LogP) is 2.99. The highest BCUT2D eigenvalue weighted by Crippen LogP contribution is 2.54. The van der Waals surface area contributed by atoms with Gasteiger partial charge in [0.05, 0.1) is 18.6 Å². The lowest BCUT2D eigenvalue weighted by Crippen LogP contribution is -2.14. The zero-order valence-electron chi connectivity index (χ0n) is 9.30. The number of ether oxygens (including phenoxy) is 1. The van der Waals surface area contributed by atoms with Crippen molar-refractivity contribution in [1.82, 2.24) is 0 Å². The highest BCUT2D eigenvalue weighted by molar-refractivity contribution is 6.33. The fraction of sp³-hybridized carbons (Fsp3) is 0.417. The second-order valence-electron chi connectivity index (χ2n) is 4.32. The van der Waals surface area contributed by atoms with Gasteiger partial charge in [-0.25, -0.2) is 4.39 Å². The van der Waals surface area contributed by atoms with Gasteiger partial charge in [-0.3, -0.25) is 4.79 Å². The number of carboxylic acids is 1. The van der Waals surface area contributed by atoms with Crippen LogP contribution in [-0.2, 0) is 10.2 Å². The SMILES string of the molecule is COc1cc(F)cc(C2(CC(=O)O)CC2)c1Cl. The molecule has 2 rings (SSSR count). The van der Waals surface area contributed by atoms with E-state index >= 15 is 0 Å². The molecule has 1 aromatic rings. The van der Waals surface area contributed by atoms with Gasteiger partial charge in [0, 0.05) is 11.5 Å². The van der Waals surface area contributed by atoms with Crippen LogP contribution in [0.25, 0.3) is 0 Å². The van der Waals surface area contributed by atoms with Crippen LogP contribution in [-0.4, -0.2) is 18.2 Å². The minimum absolute atomic E-state index is 0.0284. The Morgan fingerprint density at radius 2 is 2.24 bits per heavy atom. The molecule has 92 valence electrons. The Balaban J connectivity index is 2.45. The third-order valence-electron chi connectivity index (χ3n) is 3.14. The molecule has 1 fully saturated rings. The third kappa shape index (κ3) is 2.22. The van der Waals surface area contributed by atoms with E-state index in [0.717, 1.165) is 0 Å². The molecule has 3 nitrogen and oxygen atoms in total. The maximum absolute atomic E-state index is 13.4. The molecule has 1 aliphatic carbocycles. The van der Waals surface area contributed by atoms with Crippen molar-refractivity contribution in [3.63, 3.8) is 0 Å². The molecule has 0 unspecified atom stereocenters. The molecule has 17 heavy (non-hydrogen) atoms. The highest BCUT2D eigenvalue weighted by Gasteiger charge is 2.47. The van der Waals surface area contributed by atoms with Gasteiger partial charge in [-0.05, 0) is 24.5 Å². The number of methoxy groups -OCH3 is 1. The molecule has 0 aliphatic heterocycles. The maximum Gasteiger partial charge on any atom is 0.304 e. The Bertz CT molecular complexity index is 469. The minimum Gasteiger partial charge on any atom is -0.495 e. The van der Waals surface area contributed by atoms with E-state index < -0.39 is 17.2 Å². The summed E-state index contributed by atoms with van der Waals surface area (Å²) >= 11 is 6.10. The van der Waals surface area contributed by atoms with Gasteiger partial charge in [-0.15, -0.1) is 0 Å². The second kappa shape index (κ2) is 4.18. The van der Waals surface area contributed by atoms with Crippen molar-refractivity contribution in [2.24, 2.45) is 0 Å². The largest absolute Gasteiger partial charge is 0.495 e. The van der Waals surface area contributed by atoms with E-state index in [4.69, 9.17) is 21.4 Å². The van der Waals surface area contributed by atoms with Crippen LogP contribution < -0.4 is 4.74 Å². The molecular formula is C12H12ClFO3. The molecule has 0 bridgehead atoms. The van der Waals surface area contributed by atoms with Gasteiger partial charge in [-0.2, -0.15) is 0 Å². The first-order chi connectivity index (χ1) is 7.98. The number of carboxylic acid groups (broad SMARTS) is 1. The second-order valence-corrected chi connectivity index (χ2v) is 4.70. The zero-order chi connectivity index (χ0) is 12.6. The first kappa shape index (κ1) is 12.2. The summed E-state index contributed by atoms with van der Waals surface area (Å²) in [5, 5.41) is 9.18. The average molecular weight is 259 g/mol. The van der Waals surface area contributed by atoms with Gasteiger partial charge in [-0.1, -0.05) is 11.6 Å². The van der Waals surface area contributed by atoms with Gasteiger partial charge < -0.3 is 9.84 Å². The van der Waals surface area contributed by atoms with Crippen molar-refractivity contribution in [2.45, 2.75) is 24.7 Å². The normalized spacial score (nSPS) is 16.6. The predicted molar refractivity (Wildman–Crippen MR) is 61.1 cm³/mol. The monoisotopic (exact) mass is 258 g/mol. The third-order valence-corrected chi connectivity index (χ3v) is 3.53. The molecule has 0 atom stereocenters. The summed E-state index contributed by atoms with van der Waals surface area (Å²) in [6.45, 7) is 0. The summed E-state index contributed by atoms with van der Waals surface area (Å²) in [6, 6.07) is 2.50. The van der Waals surface area contributed by atoms with Crippen LogP contribution in [0.1, 0.15) is 24.8 Å². The van der Waals surface area contributed by atoms with Gasteiger partial charge in [0.2, 0.25) is 0 Å². The Morgan fingerprint density at radius 1 is 1.59 bits per heavy atom. The lowest BCUT2D eigenvalue weighted by atomic mass is 9.92. The number of aliphatic carboxylic acids is 1. The van der Waals surface area contributed by atoms with Gasteiger partial charge in [0.1, 0.15) is 11.6 Å². The maximum atomic E-state index is 13.4. The van der Waals surface area contributed by atoms with Crippen LogP contribution in [0, 0.1) is 5.82 Å². The summed E-state index contributed by atoms with van der Waals surface area (Å²) in [4.78, 5) is 10.8. The highest BCUT2D eigenvalue weighted by atomic mass is 35.5. The van der Waals surface area contributed by atoms with Crippen LogP contribution in [0.15, 0.2) is 12.1 Å². The molecule has 0 saturated heterocycles. The molecule has 0 radical (unpaired) electrons. The summed E-state index contributed by atoms with van der Waals surface area (Å²) in [6.07, 6.45) is 1.40. The van der Waals surface area contributed by atoms with Crippen molar-refractivity contribution < 1.29 is 19.0 Å². The molecule has 1 aliphatic rings. The first-order valence-electron chi connectivity index (χ1n) is 5.24. The number of hydrogen-bond donors (Lipinski definition) is 1. The van der Waals surface area contributed by atoms with E-state index in [1.165, 1.54) is 19.2 Å². The topological polar surface area (TPSA) is 46.5 Å². The standard InChI is InChI=1S/C12H12ClFO3/c1-17-9-5-7(14)4-8(11(9)13)12(2-3-12)6-10(15)16/h4-5H,2-3,6H2,1H3,(H,15,16). The van der Waals surface area contributed by atoms with Crippen molar-refractivity contribution >= 4 is 17.6 Å². The van der Waals surface area contributed by atoms with E-state index in [2.05, 4.69) is 0 Å². The van der Waals surface area contributed by atoms with Crippen LogP contribution in [0.3, 0.4) is 0 Å². The average Bonchev–Trinajstić information content (AvgIpc) is 3.00. The zero-order valence-corrected chi connectivity index (χ0v) is 10.1. The molecular weight excluding hydrogens is 247 g/mol. The Morgan fingerprint density at radius 3 is 2.71 bits per heavy atom. The molecule has 1 aromatic carbocycles. The lowest BCUT2D eigenvalue weighted by molar-refractivity contribution is -0.137. The summed E-state index contributed by atoms with van der Waals surface area (Å²) in [5.74, 6) is -1.11. The van der Waals surface area contributed by atoms with Crippen molar-refractivity contribution in [1.29, 1.82) is 0 Å². The number of hydrogen-bond acceptors (Lipinski definition) is 2. The number of benzene rings is 1. The van der Waals surface area contributed by atoms with Gasteiger partial charge in [0.15, 0.2) is 0 Å². The summed E-state index contributed by atoms with van der Waals surface area (Å²) in [7, 11) is 1.40. The minimum atomic E-state index is -0.901. The van der Waals surface area contributed by atoms with E-state index in [0.29, 0.717) is 23.4 Å². The van der Waals surface area contributed by atoms with E-state index in [-0.39, 0.29) is 12.2 Å². The Hall–Kier alpha value is -1.29. The van der Waals surface area contributed by atoms with Gasteiger partial charge in [0.25, 0.3) is 0 Å². The molecule has 0 aromatic heterocycles. The van der Waals surface area contributed by atoms with Crippen molar-refractivity contribution in [2.75, 3.05) is 7.11 Å². The fourth-order valence-corrected chi connectivity index (χ4v) is 2.47. The number of carbonyl (C=O) groups is 1. The molecule has 1 saturated carbocycles. The lowest BCUT2D eigenvalue weighted by Gasteiger charge is -2.17. The van der Waals surface area contributed by atoms with E-state index in [1.54, 1.807) is 0 Å². The van der Waals surface area contributed by atoms with Gasteiger partial charge >= 0.3 is 5.97 Å². The van der Waals surface area contributed by atoms with Crippen LogP contribution in [0.2, 0.25) is 5.02 Å². The Labute approximate surface area is 103 Å². The van der Waals surface area contributed by atoms with Crippen molar-refractivity contribution in [3.05, 3.63) is 28.5 Å². The van der Waals surface area contributed by atoms with Crippen LogP contribution in [0.5, 0.6) is 5.75 Å². The summed E-state index contributed by atoms with van der Waals surface area (Å²) < 4.78 is 18.4. The molecule has 1 N–H and O–H groups in total. The molecule has 0 spiro atoms. The van der Waals surface area contributed by atoms with E-state index in [9.17, 15) is 9.18 Å². The van der Waals surface area contributed by atoms with E-state index in [1.807, 2.05) is 0 Å². The summed E-state index contributed by atoms with van der Waals surface area (Å²) in [5.41, 5.74) is 0.0246. The van der Waals surface area contributed by atoms with Crippen LogP contribution in [0.4, 0.5) is 4.39 Å². The Kier molecular flexibility index (Phi) is 3.00.